The molecule has 0 bridgehead atoms. The second-order valence-corrected chi connectivity index (χ2v) is 10.8. The van der Waals surface area contributed by atoms with Crippen LogP contribution in [0.5, 0.6) is 0 Å². The molecule has 3 saturated carbocycles. The van der Waals surface area contributed by atoms with E-state index in [1.54, 1.807) is 0 Å². The van der Waals surface area contributed by atoms with Crippen molar-refractivity contribution in [1.82, 2.24) is 0 Å². The maximum absolute atomic E-state index is 10.0. The van der Waals surface area contributed by atoms with Gasteiger partial charge in [-0.05, 0) is 49.4 Å². The van der Waals surface area contributed by atoms with Crippen LogP contribution >= 0.6 is 0 Å². The molecular formula is C24H34N2O4. The van der Waals surface area contributed by atoms with Crippen LogP contribution in [0.2, 0.25) is 0 Å². The van der Waals surface area contributed by atoms with Crippen molar-refractivity contribution in [3.63, 3.8) is 0 Å². The van der Waals surface area contributed by atoms with Crippen molar-refractivity contribution < 1.29 is 18.9 Å². The smallest absolute Gasteiger partial charge is 0.114 e. The highest BCUT2D eigenvalue weighted by atomic mass is 16.6. The molecule has 0 aromatic rings. The van der Waals surface area contributed by atoms with Gasteiger partial charge in [-0.2, -0.15) is 10.5 Å². The summed E-state index contributed by atoms with van der Waals surface area (Å²) in [6, 6.07) is 4.77. The lowest BCUT2D eigenvalue weighted by atomic mass is 9.69. The summed E-state index contributed by atoms with van der Waals surface area (Å²) in [5.74, 6) is 0.814. The van der Waals surface area contributed by atoms with Gasteiger partial charge in [-0.15, -0.1) is 0 Å². The molecule has 5 rings (SSSR count). The van der Waals surface area contributed by atoms with E-state index < -0.39 is 24.0 Å². The van der Waals surface area contributed by atoms with E-state index in [1.165, 1.54) is 0 Å². The number of ether oxygens (including phenoxy) is 4. The third kappa shape index (κ3) is 3.19. The van der Waals surface area contributed by atoms with Gasteiger partial charge in [-0.25, -0.2) is 0 Å². The zero-order valence-electron chi connectivity index (χ0n) is 18.4. The Morgan fingerprint density at radius 1 is 0.533 bits per heavy atom. The van der Waals surface area contributed by atoms with Gasteiger partial charge in [0.15, 0.2) is 0 Å². The molecule has 0 amide bonds. The number of hydrogen-bond donors (Lipinski definition) is 0. The van der Waals surface area contributed by atoms with Gasteiger partial charge in [0.2, 0.25) is 0 Å². The molecular weight excluding hydrogens is 380 g/mol. The first-order valence-corrected chi connectivity index (χ1v) is 11.8. The van der Waals surface area contributed by atoms with Crippen molar-refractivity contribution in [3.05, 3.63) is 0 Å². The van der Waals surface area contributed by atoms with Gasteiger partial charge < -0.3 is 18.9 Å². The third-order valence-corrected chi connectivity index (χ3v) is 8.33. The summed E-state index contributed by atoms with van der Waals surface area (Å²) in [5.41, 5.74) is 0. The Labute approximate surface area is 179 Å². The van der Waals surface area contributed by atoms with E-state index in [-0.39, 0.29) is 36.6 Å². The Morgan fingerprint density at radius 3 is 1.30 bits per heavy atom. The Bertz CT molecular complexity index is 684. The molecule has 0 N–H and O–H groups in total. The quantitative estimate of drug-likeness (QED) is 0.604. The average Bonchev–Trinajstić information content (AvgIpc) is 2.70. The lowest BCUT2D eigenvalue weighted by Gasteiger charge is -2.58. The number of rotatable bonds is 0. The van der Waals surface area contributed by atoms with Gasteiger partial charge in [0.05, 0.1) is 48.4 Å². The Hall–Kier alpha value is -1.18. The lowest BCUT2D eigenvalue weighted by Crippen LogP contribution is -2.70. The number of hydrogen-bond acceptors (Lipinski definition) is 6. The van der Waals surface area contributed by atoms with Crippen LogP contribution in [0.25, 0.3) is 0 Å². The highest BCUT2D eigenvalue weighted by Crippen LogP contribution is 2.49. The molecule has 0 radical (unpaired) electrons. The summed E-state index contributed by atoms with van der Waals surface area (Å²) >= 11 is 0. The van der Waals surface area contributed by atoms with E-state index in [0.29, 0.717) is 23.7 Å². The molecule has 0 aromatic carbocycles. The predicted molar refractivity (Wildman–Crippen MR) is 108 cm³/mol. The first kappa shape index (κ1) is 20.7. The zero-order valence-corrected chi connectivity index (χ0v) is 18.4. The molecule has 6 heteroatoms. The van der Waals surface area contributed by atoms with E-state index in [0.717, 1.165) is 25.7 Å². The molecule has 0 spiro atoms. The number of nitrogens with zero attached hydrogens (tertiary/aromatic N) is 2. The van der Waals surface area contributed by atoms with Crippen molar-refractivity contribution in [2.45, 2.75) is 102 Å². The van der Waals surface area contributed by atoms with Gasteiger partial charge in [0, 0.05) is 0 Å². The topological polar surface area (TPSA) is 84.5 Å². The van der Waals surface area contributed by atoms with E-state index in [1.807, 2.05) is 0 Å². The van der Waals surface area contributed by atoms with Gasteiger partial charge in [0.25, 0.3) is 0 Å². The van der Waals surface area contributed by atoms with Crippen molar-refractivity contribution >= 4 is 0 Å². The molecule has 2 aliphatic heterocycles. The molecule has 14 atom stereocenters. The molecule has 2 heterocycles. The second kappa shape index (κ2) is 7.75. The van der Waals surface area contributed by atoms with Gasteiger partial charge in [0.1, 0.15) is 24.4 Å². The first-order chi connectivity index (χ1) is 14.4. The van der Waals surface area contributed by atoms with Crippen LogP contribution < -0.4 is 0 Å². The van der Waals surface area contributed by atoms with Crippen LogP contribution in [-0.4, -0.2) is 48.8 Å². The van der Waals surface area contributed by atoms with Crippen LogP contribution in [0.1, 0.15) is 53.4 Å². The fourth-order valence-electron chi connectivity index (χ4n) is 7.13. The van der Waals surface area contributed by atoms with E-state index >= 15 is 0 Å². The molecule has 0 aromatic heterocycles. The summed E-state index contributed by atoms with van der Waals surface area (Å²) < 4.78 is 26.5. The maximum atomic E-state index is 10.0. The minimum absolute atomic E-state index is 0.0128. The minimum Gasteiger partial charge on any atom is -0.368 e. The second-order valence-electron chi connectivity index (χ2n) is 10.8. The lowest BCUT2D eigenvalue weighted by molar-refractivity contribution is -0.349. The predicted octanol–water partition coefficient (Wildman–Crippen LogP) is 3.45. The molecule has 5 fully saturated rings. The molecule has 30 heavy (non-hydrogen) atoms. The zero-order chi connectivity index (χ0) is 21.2. The summed E-state index contributed by atoms with van der Waals surface area (Å²) in [4.78, 5) is 0. The van der Waals surface area contributed by atoms with Crippen LogP contribution in [0, 0.1) is 58.2 Å². The van der Waals surface area contributed by atoms with E-state index in [2.05, 4.69) is 39.8 Å². The largest absolute Gasteiger partial charge is 0.368 e. The van der Waals surface area contributed by atoms with Crippen molar-refractivity contribution in [2.75, 3.05) is 0 Å². The Balaban J connectivity index is 1.47. The number of fused-ring (bicyclic) bond motifs is 5. The summed E-state index contributed by atoms with van der Waals surface area (Å²) in [5, 5.41) is 20.0. The minimum atomic E-state index is -0.563. The fraction of sp³-hybridized carbons (Fsp3) is 0.917. The molecule has 2 saturated heterocycles. The molecule has 164 valence electrons. The van der Waals surface area contributed by atoms with Crippen molar-refractivity contribution in [2.24, 2.45) is 35.5 Å². The van der Waals surface area contributed by atoms with Crippen LogP contribution in [-0.2, 0) is 18.9 Å². The van der Waals surface area contributed by atoms with E-state index in [9.17, 15) is 10.5 Å². The van der Waals surface area contributed by atoms with E-state index in [4.69, 9.17) is 18.9 Å². The normalized spacial score (nSPS) is 57.5. The maximum Gasteiger partial charge on any atom is 0.114 e. The SMILES string of the molecule is CC1CC(C)C2OC3C(C#N)C(C#N)C4OC5C(C)CC(C)CC5OC4C3OC2C1. The number of nitriles is 2. The monoisotopic (exact) mass is 414 g/mol. The van der Waals surface area contributed by atoms with Crippen LogP contribution in [0.4, 0.5) is 0 Å². The highest BCUT2D eigenvalue weighted by Gasteiger charge is 2.62. The standard InChI is InChI=1S/C24H34N2O4/c1-11-5-13(3)19-17(7-11)27-23-21(29-19)15(9-25)16(10-26)22-24(23)28-18-8-12(2)6-14(4)20(18)30-22/h11-24H,5-8H2,1-4H3. The summed E-state index contributed by atoms with van der Waals surface area (Å²) in [6.45, 7) is 8.96. The van der Waals surface area contributed by atoms with Gasteiger partial charge in [-0.1, -0.05) is 27.7 Å². The highest BCUT2D eigenvalue weighted by molar-refractivity contribution is 5.17. The van der Waals surface area contributed by atoms with Crippen LogP contribution in [0.3, 0.4) is 0 Å². The third-order valence-electron chi connectivity index (χ3n) is 8.33. The van der Waals surface area contributed by atoms with Gasteiger partial charge in [-0.3, -0.25) is 0 Å². The van der Waals surface area contributed by atoms with Crippen LogP contribution in [0.15, 0.2) is 0 Å². The van der Waals surface area contributed by atoms with Crippen molar-refractivity contribution in [3.8, 4) is 12.1 Å². The Morgan fingerprint density at radius 2 is 0.933 bits per heavy atom. The van der Waals surface area contributed by atoms with Gasteiger partial charge >= 0.3 is 0 Å². The van der Waals surface area contributed by atoms with Crippen molar-refractivity contribution in [1.29, 1.82) is 10.5 Å². The first-order valence-electron chi connectivity index (χ1n) is 11.8. The average molecular weight is 415 g/mol. The Kier molecular flexibility index (Phi) is 5.35. The molecule has 3 aliphatic carbocycles. The fourth-order valence-corrected chi connectivity index (χ4v) is 7.13. The molecule has 6 nitrogen and oxygen atoms in total. The summed E-state index contributed by atoms with van der Waals surface area (Å²) in [6.07, 6.45) is 2.59. The molecule has 14 unspecified atom stereocenters. The molecule has 5 aliphatic rings. The summed E-state index contributed by atoms with van der Waals surface area (Å²) in [7, 11) is 0.